The fraction of sp³-hybridized carbons (Fsp3) is 0.125. The third-order valence-electron chi connectivity index (χ3n) is 4.86. The molecule has 0 spiro atoms. The first kappa shape index (κ1) is 22.3. The third kappa shape index (κ3) is 5.30. The van der Waals surface area contributed by atoms with Gasteiger partial charge in [-0.25, -0.2) is 14.4 Å². The van der Waals surface area contributed by atoms with Crippen molar-refractivity contribution < 1.29 is 23.8 Å². The van der Waals surface area contributed by atoms with Gasteiger partial charge in [-0.1, -0.05) is 23.7 Å². The lowest BCUT2D eigenvalue weighted by Crippen LogP contribution is -2.04. The molecule has 2 N–H and O–H groups in total. The summed E-state index contributed by atoms with van der Waals surface area (Å²) < 4.78 is 24.4. The number of carbonyl (C=O) groups is 1. The number of methoxy groups -OCH3 is 1. The van der Waals surface area contributed by atoms with Gasteiger partial charge < -0.3 is 19.9 Å². The van der Waals surface area contributed by atoms with Gasteiger partial charge in [-0.2, -0.15) is 0 Å². The van der Waals surface area contributed by atoms with E-state index in [4.69, 9.17) is 21.1 Å². The number of halogens is 2. The molecule has 4 rings (SSSR count). The Morgan fingerprint density at radius 1 is 1.12 bits per heavy atom. The largest absolute Gasteiger partial charge is 0.496 e. The van der Waals surface area contributed by atoms with Crippen LogP contribution in [0.3, 0.4) is 0 Å². The van der Waals surface area contributed by atoms with Crippen LogP contribution in [0.15, 0.2) is 60.9 Å². The molecule has 4 aromatic rings. The van der Waals surface area contributed by atoms with Crippen molar-refractivity contribution in [2.24, 2.45) is 0 Å². The van der Waals surface area contributed by atoms with Crippen molar-refractivity contribution in [3.05, 3.63) is 82.9 Å². The van der Waals surface area contributed by atoms with E-state index in [1.165, 1.54) is 25.6 Å². The molecule has 0 bridgehead atoms. The van der Waals surface area contributed by atoms with Crippen LogP contribution in [0.25, 0.3) is 10.9 Å². The Kier molecular flexibility index (Phi) is 6.55. The minimum absolute atomic E-state index is 0.176. The van der Waals surface area contributed by atoms with Crippen LogP contribution >= 0.6 is 11.6 Å². The van der Waals surface area contributed by atoms with Gasteiger partial charge in [0.05, 0.1) is 24.1 Å². The fourth-order valence-electron chi connectivity index (χ4n) is 3.34. The van der Waals surface area contributed by atoms with Gasteiger partial charge in [-0.15, -0.1) is 0 Å². The lowest BCUT2D eigenvalue weighted by atomic mass is 10.1. The minimum atomic E-state index is -0.973. The number of carboxylic acid groups (broad SMARTS) is 1. The summed E-state index contributed by atoms with van der Waals surface area (Å²) in [5.74, 6) is 0.0752. The number of hydrogen-bond acceptors (Lipinski definition) is 6. The van der Waals surface area contributed by atoms with Gasteiger partial charge in [0.2, 0.25) is 0 Å². The zero-order valence-electron chi connectivity index (χ0n) is 17.5. The van der Waals surface area contributed by atoms with Crippen molar-refractivity contribution in [1.29, 1.82) is 0 Å². The van der Waals surface area contributed by atoms with Gasteiger partial charge in [0.25, 0.3) is 0 Å². The molecule has 0 atom stereocenters. The van der Waals surface area contributed by atoms with Crippen molar-refractivity contribution in [2.75, 3.05) is 12.4 Å². The van der Waals surface area contributed by atoms with Crippen LogP contribution in [-0.4, -0.2) is 28.2 Å². The van der Waals surface area contributed by atoms with E-state index in [1.807, 2.05) is 0 Å². The predicted molar refractivity (Wildman–Crippen MR) is 123 cm³/mol. The molecule has 0 radical (unpaired) electrons. The maximum absolute atomic E-state index is 13.3. The lowest BCUT2D eigenvalue weighted by Gasteiger charge is -2.13. The Bertz CT molecular complexity index is 1330. The normalized spacial score (nSPS) is 10.8. The highest BCUT2D eigenvalue weighted by Crippen LogP contribution is 2.33. The number of nitrogens with zero attached hydrogens (tertiary/aromatic N) is 2. The van der Waals surface area contributed by atoms with E-state index in [0.29, 0.717) is 50.1 Å². The molecule has 0 saturated carbocycles. The maximum Gasteiger partial charge on any atom is 0.307 e. The minimum Gasteiger partial charge on any atom is -0.496 e. The molecule has 0 aliphatic carbocycles. The molecule has 0 unspecified atom stereocenters. The number of ether oxygens (including phenoxy) is 2. The van der Waals surface area contributed by atoms with Crippen LogP contribution in [0.1, 0.15) is 11.1 Å². The van der Waals surface area contributed by atoms with Crippen molar-refractivity contribution in [3.63, 3.8) is 0 Å². The predicted octanol–water partition coefficient (Wildman–Crippen LogP) is 5.38. The van der Waals surface area contributed by atoms with E-state index in [-0.39, 0.29) is 18.8 Å². The van der Waals surface area contributed by atoms with E-state index < -0.39 is 5.97 Å². The number of hydrogen-bond donors (Lipinski definition) is 2. The Balaban J connectivity index is 1.57. The summed E-state index contributed by atoms with van der Waals surface area (Å²) in [4.78, 5) is 19.8. The molecule has 9 heteroatoms. The molecular formula is C24H19ClFN3O4. The SMILES string of the molecule is COc1cc2ncnc(Nc3ccc(OCc4cccc(F)c4)c(Cl)c3)c2cc1CC(=O)O. The number of nitrogens with one attached hydrogen (secondary N) is 1. The molecule has 0 aliphatic rings. The summed E-state index contributed by atoms with van der Waals surface area (Å²) in [6, 6.07) is 14.7. The Morgan fingerprint density at radius 2 is 1.97 bits per heavy atom. The summed E-state index contributed by atoms with van der Waals surface area (Å²) >= 11 is 6.38. The second kappa shape index (κ2) is 9.70. The van der Waals surface area contributed by atoms with Crippen LogP contribution in [-0.2, 0) is 17.8 Å². The highest BCUT2D eigenvalue weighted by molar-refractivity contribution is 6.32. The number of rotatable bonds is 8. The monoisotopic (exact) mass is 467 g/mol. The number of benzene rings is 3. The van der Waals surface area contributed by atoms with E-state index in [1.54, 1.807) is 42.5 Å². The average molecular weight is 468 g/mol. The van der Waals surface area contributed by atoms with E-state index in [2.05, 4.69) is 15.3 Å². The lowest BCUT2D eigenvalue weighted by molar-refractivity contribution is -0.136. The molecule has 0 amide bonds. The zero-order valence-corrected chi connectivity index (χ0v) is 18.3. The van der Waals surface area contributed by atoms with Crippen LogP contribution in [0.4, 0.5) is 15.9 Å². The molecule has 0 fully saturated rings. The molecule has 33 heavy (non-hydrogen) atoms. The fourth-order valence-corrected chi connectivity index (χ4v) is 3.57. The van der Waals surface area contributed by atoms with Gasteiger partial charge in [-0.3, -0.25) is 4.79 Å². The number of carboxylic acids is 1. The van der Waals surface area contributed by atoms with Gasteiger partial charge in [0, 0.05) is 22.7 Å². The average Bonchev–Trinajstić information content (AvgIpc) is 2.78. The molecule has 3 aromatic carbocycles. The Hall–Kier alpha value is -3.91. The summed E-state index contributed by atoms with van der Waals surface area (Å²) in [5.41, 5.74) is 2.44. The van der Waals surface area contributed by atoms with E-state index >= 15 is 0 Å². The molecule has 0 aliphatic heterocycles. The summed E-state index contributed by atoms with van der Waals surface area (Å²) in [7, 11) is 1.48. The summed E-state index contributed by atoms with van der Waals surface area (Å²) in [5, 5.41) is 13.4. The molecule has 1 aromatic heterocycles. The van der Waals surface area contributed by atoms with E-state index in [9.17, 15) is 14.3 Å². The van der Waals surface area contributed by atoms with Crippen molar-refractivity contribution in [3.8, 4) is 11.5 Å². The first-order valence-corrected chi connectivity index (χ1v) is 10.3. The number of aromatic nitrogens is 2. The second-order valence-corrected chi connectivity index (χ2v) is 7.57. The zero-order chi connectivity index (χ0) is 23.4. The quantitative estimate of drug-likeness (QED) is 0.359. The first-order valence-electron chi connectivity index (χ1n) is 9.90. The number of fused-ring (bicyclic) bond motifs is 1. The van der Waals surface area contributed by atoms with Gasteiger partial charge in [-0.05, 0) is 42.0 Å². The highest BCUT2D eigenvalue weighted by atomic mass is 35.5. The third-order valence-corrected chi connectivity index (χ3v) is 5.15. The molecule has 1 heterocycles. The molecular weight excluding hydrogens is 449 g/mol. The molecule has 0 saturated heterocycles. The molecule has 168 valence electrons. The van der Waals surface area contributed by atoms with Gasteiger partial charge >= 0.3 is 5.97 Å². The van der Waals surface area contributed by atoms with Crippen LogP contribution < -0.4 is 14.8 Å². The number of aliphatic carboxylic acids is 1. The smallest absolute Gasteiger partial charge is 0.307 e. The standard InChI is InChI=1S/C24H19ClFN3O4/c1-32-22-11-20-18(8-15(22)9-23(30)31)24(28-13-27-20)29-17-5-6-21(19(25)10-17)33-12-14-3-2-4-16(26)7-14/h2-8,10-11,13H,9,12H2,1H3,(H,30,31)(H,27,28,29). The maximum atomic E-state index is 13.3. The summed E-state index contributed by atoms with van der Waals surface area (Å²) in [6.07, 6.45) is 1.20. The Labute approximate surface area is 193 Å². The second-order valence-electron chi connectivity index (χ2n) is 7.16. The van der Waals surface area contributed by atoms with Crippen molar-refractivity contribution >= 4 is 40.0 Å². The number of anilines is 2. The van der Waals surface area contributed by atoms with E-state index in [0.717, 1.165) is 0 Å². The van der Waals surface area contributed by atoms with Crippen molar-refractivity contribution in [2.45, 2.75) is 13.0 Å². The van der Waals surface area contributed by atoms with Crippen LogP contribution in [0.5, 0.6) is 11.5 Å². The highest BCUT2D eigenvalue weighted by Gasteiger charge is 2.14. The van der Waals surface area contributed by atoms with Gasteiger partial charge in [0.15, 0.2) is 0 Å². The van der Waals surface area contributed by atoms with Crippen LogP contribution in [0.2, 0.25) is 5.02 Å². The van der Waals surface area contributed by atoms with Crippen molar-refractivity contribution in [1.82, 2.24) is 9.97 Å². The molecule has 7 nitrogen and oxygen atoms in total. The topological polar surface area (TPSA) is 93.6 Å². The van der Waals surface area contributed by atoms with Crippen LogP contribution in [0, 0.1) is 5.82 Å². The summed E-state index contributed by atoms with van der Waals surface area (Å²) in [6.45, 7) is 0.176. The van der Waals surface area contributed by atoms with Gasteiger partial charge in [0.1, 0.15) is 36.1 Å². The first-order chi connectivity index (χ1) is 15.9. The Morgan fingerprint density at radius 3 is 2.70 bits per heavy atom.